The summed E-state index contributed by atoms with van der Waals surface area (Å²) in [6.07, 6.45) is 0. The fourth-order valence-corrected chi connectivity index (χ4v) is 2.83. The van der Waals surface area contributed by atoms with Gasteiger partial charge in [0.05, 0.1) is 15.7 Å². The van der Waals surface area contributed by atoms with E-state index in [0.717, 1.165) is 10.2 Å². The summed E-state index contributed by atoms with van der Waals surface area (Å²) in [7, 11) is 0. The molecule has 0 bridgehead atoms. The van der Waals surface area contributed by atoms with Gasteiger partial charge in [0.15, 0.2) is 0 Å². The maximum atomic E-state index is 12.4. The lowest BCUT2D eigenvalue weighted by atomic mass is 10.1. The van der Waals surface area contributed by atoms with Crippen molar-refractivity contribution >= 4 is 39.3 Å². The van der Waals surface area contributed by atoms with Crippen molar-refractivity contribution in [3.8, 4) is 0 Å². The van der Waals surface area contributed by atoms with Gasteiger partial charge in [-0.25, -0.2) is 4.98 Å². The molecule has 2 heterocycles. The van der Waals surface area contributed by atoms with Crippen LogP contribution in [0.5, 0.6) is 0 Å². The first-order valence-corrected chi connectivity index (χ1v) is 6.92. The predicted molar refractivity (Wildman–Crippen MR) is 73.3 cm³/mol. The number of hydrogen-bond acceptors (Lipinski definition) is 5. The monoisotopic (exact) mass is 289 g/mol. The van der Waals surface area contributed by atoms with Gasteiger partial charge in [-0.1, -0.05) is 0 Å². The summed E-state index contributed by atoms with van der Waals surface area (Å²) in [6, 6.07) is 4.50. The number of carbonyl (C=O) groups is 3. The number of benzene rings is 1. The van der Waals surface area contributed by atoms with Crippen LogP contribution in [-0.2, 0) is 9.59 Å². The van der Waals surface area contributed by atoms with Gasteiger partial charge in [-0.15, -0.1) is 11.3 Å². The highest BCUT2D eigenvalue weighted by Gasteiger charge is 2.33. The van der Waals surface area contributed by atoms with Gasteiger partial charge in [-0.2, -0.15) is 0 Å². The van der Waals surface area contributed by atoms with Crippen LogP contribution in [0.4, 0.5) is 0 Å². The molecule has 0 aliphatic carbocycles. The van der Waals surface area contributed by atoms with Crippen LogP contribution in [-0.4, -0.2) is 40.2 Å². The molecule has 1 saturated heterocycles. The maximum Gasteiger partial charge on any atom is 0.255 e. The van der Waals surface area contributed by atoms with Crippen molar-refractivity contribution in [3.05, 3.63) is 29.3 Å². The summed E-state index contributed by atoms with van der Waals surface area (Å²) < 4.78 is 0.899. The van der Waals surface area contributed by atoms with Crippen LogP contribution < -0.4 is 5.32 Å². The third-order valence-corrected chi connectivity index (χ3v) is 4.05. The number of piperazine rings is 1. The summed E-state index contributed by atoms with van der Waals surface area (Å²) in [6.45, 7) is 1.50. The van der Waals surface area contributed by atoms with Crippen molar-refractivity contribution < 1.29 is 14.4 Å². The number of nitrogens with zero attached hydrogens (tertiary/aromatic N) is 2. The van der Waals surface area contributed by atoms with Gasteiger partial charge in [-0.3, -0.25) is 19.7 Å². The third-order valence-electron chi connectivity index (χ3n) is 3.26. The molecule has 1 fully saturated rings. The lowest BCUT2D eigenvalue weighted by Crippen LogP contribution is -2.58. The Labute approximate surface area is 118 Å². The molecule has 1 aliphatic heterocycles. The molecule has 3 amide bonds. The second-order valence-corrected chi connectivity index (χ2v) is 5.44. The number of thiazole rings is 1. The van der Waals surface area contributed by atoms with E-state index in [4.69, 9.17) is 0 Å². The van der Waals surface area contributed by atoms with E-state index >= 15 is 0 Å². The normalized spacial score (nSPS) is 19.2. The molecule has 1 N–H and O–H groups in total. The number of aromatic nitrogens is 1. The minimum atomic E-state index is -0.655. The van der Waals surface area contributed by atoms with Gasteiger partial charge >= 0.3 is 0 Å². The van der Waals surface area contributed by atoms with Crippen molar-refractivity contribution in [2.45, 2.75) is 13.0 Å². The van der Waals surface area contributed by atoms with Crippen LogP contribution in [0, 0.1) is 0 Å². The Bertz CT molecular complexity index is 724. The lowest BCUT2D eigenvalue weighted by molar-refractivity contribution is -0.138. The summed E-state index contributed by atoms with van der Waals surface area (Å²) in [4.78, 5) is 40.9. The Kier molecular flexibility index (Phi) is 2.98. The number of carbonyl (C=O) groups excluding carboxylic acids is 3. The average Bonchev–Trinajstić information content (AvgIpc) is 2.89. The lowest BCUT2D eigenvalue weighted by Gasteiger charge is -2.31. The molecular weight excluding hydrogens is 278 g/mol. The Morgan fingerprint density at radius 1 is 1.45 bits per heavy atom. The van der Waals surface area contributed by atoms with Crippen LogP contribution >= 0.6 is 11.3 Å². The second kappa shape index (κ2) is 4.68. The molecule has 7 heteroatoms. The zero-order valence-electron chi connectivity index (χ0n) is 10.6. The van der Waals surface area contributed by atoms with E-state index in [2.05, 4.69) is 10.3 Å². The molecule has 0 saturated carbocycles. The molecular formula is C13H11N3O3S. The van der Waals surface area contributed by atoms with E-state index in [9.17, 15) is 14.4 Å². The number of nitrogens with one attached hydrogen (secondary N) is 1. The first-order chi connectivity index (χ1) is 9.56. The maximum absolute atomic E-state index is 12.4. The van der Waals surface area contributed by atoms with E-state index in [0.29, 0.717) is 5.56 Å². The standard InChI is InChI=1S/C13H11N3O3S/c1-7-12(18)15-11(17)5-16(7)13(19)8-2-3-9-10(4-8)20-6-14-9/h2-4,6-7H,5H2,1H3,(H,15,17,18). The quantitative estimate of drug-likeness (QED) is 0.787. The Morgan fingerprint density at radius 3 is 3.05 bits per heavy atom. The van der Waals surface area contributed by atoms with Crippen LogP contribution in [0.1, 0.15) is 17.3 Å². The van der Waals surface area contributed by atoms with Gasteiger partial charge in [-0.05, 0) is 25.1 Å². The molecule has 1 aromatic heterocycles. The molecule has 2 aromatic rings. The van der Waals surface area contributed by atoms with E-state index < -0.39 is 17.9 Å². The van der Waals surface area contributed by atoms with Gasteiger partial charge < -0.3 is 4.90 Å². The zero-order valence-corrected chi connectivity index (χ0v) is 11.4. The number of amides is 3. The van der Waals surface area contributed by atoms with Crippen LogP contribution in [0.15, 0.2) is 23.7 Å². The zero-order chi connectivity index (χ0) is 14.3. The van der Waals surface area contributed by atoms with Crippen molar-refractivity contribution in [2.24, 2.45) is 0 Å². The predicted octanol–water partition coefficient (Wildman–Crippen LogP) is 0.783. The number of hydrogen-bond donors (Lipinski definition) is 1. The molecule has 6 nitrogen and oxygen atoms in total. The fourth-order valence-electron chi connectivity index (χ4n) is 2.12. The molecule has 3 rings (SSSR count). The van der Waals surface area contributed by atoms with E-state index in [1.807, 2.05) is 0 Å². The van der Waals surface area contributed by atoms with Gasteiger partial charge in [0, 0.05) is 5.56 Å². The van der Waals surface area contributed by atoms with E-state index in [1.165, 1.54) is 16.2 Å². The molecule has 1 unspecified atom stereocenters. The van der Waals surface area contributed by atoms with Crippen LogP contribution in [0.25, 0.3) is 10.2 Å². The first-order valence-electron chi connectivity index (χ1n) is 6.04. The Morgan fingerprint density at radius 2 is 2.25 bits per heavy atom. The van der Waals surface area contributed by atoms with Crippen molar-refractivity contribution in [1.29, 1.82) is 0 Å². The van der Waals surface area contributed by atoms with Gasteiger partial charge in [0.2, 0.25) is 11.8 Å². The van der Waals surface area contributed by atoms with Gasteiger partial charge in [0.25, 0.3) is 5.91 Å². The van der Waals surface area contributed by atoms with Crippen molar-refractivity contribution in [2.75, 3.05) is 6.54 Å². The summed E-state index contributed by atoms with van der Waals surface area (Å²) >= 11 is 1.44. The van der Waals surface area contributed by atoms with Crippen LogP contribution in [0.2, 0.25) is 0 Å². The van der Waals surface area contributed by atoms with Gasteiger partial charge in [0.1, 0.15) is 12.6 Å². The summed E-state index contributed by atoms with van der Waals surface area (Å²) in [5.41, 5.74) is 2.99. The third kappa shape index (κ3) is 2.05. The Balaban J connectivity index is 1.94. The number of rotatable bonds is 1. The first kappa shape index (κ1) is 12.7. The van der Waals surface area contributed by atoms with Crippen LogP contribution in [0.3, 0.4) is 0 Å². The summed E-state index contributed by atoms with van der Waals surface area (Å²) in [5, 5.41) is 2.21. The largest absolute Gasteiger partial charge is 0.318 e. The molecule has 1 aliphatic rings. The smallest absolute Gasteiger partial charge is 0.255 e. The molecule has 0 radical (unpaired) electrons. The fraction of sp³-hybridized carbons (Fsp3) is 0.231. The van der Waals surface area contributed by atoms with E-state index in [1.54, 1.807) is 30.6 Å². The minimum absolute atomic E-state index is 0.105. The van der Waals surface area contributed by atoms with Crippen molar-refractivity contribution in [3.63, 3.8) is 0 Å². The minimum Gasteiger partial charge on any atom is -0.318 e. The van der Waals surface area contributed by atoms with E-state index in [-0.39, 0.29) is 12.5 Å². The second-order valence-electron chi connectivity index (χ2n) is 4.56. The molecule has 1 aromatic carbocycles. The van der Waals surface area contributed by atoms with Crippen molar-refractivity contribution in [1.82, 2.24) is 15.2 Å². The highest BCUT2D eigenvalue weighted by Crippen LogP contribution is 2.21. The topological polar surface area (TPSA) is 79.4 Å². The summed E-state index contributed by atoms with van der Waals surface area (Å²) in [5.74, 6) is -1.23. The SMILES string of the molecule is CC1C(=O)NC(=O)CN1C(=O)c1ccc2ncsc2c1. The number of imide groups is 1. The highest BCUT2D eigenvalue weighted by atomic mass is 32.1. The number of fused-ring (bicyclic) bond motifs is 1. The molecule has 1 atom stereocenters. The molecule has 20 heavy (non-hydrogen) atoms. The highest BCUT2D eigenvalue weighted by molar-refractivity contribution is 7.16. The molecule has 102 valence electrons. The average molecular weight is 289 g/mol. The Hall–Kier alpha value is -2.28. The molecule has 0 spiro atoms.